The Morgan fingerprint density at radius 1 is 1.08 bits per heavy atom. The first kappa shape index (κ1) is 15.7. The molecule has 2 amide bonds. The average molecular weight is 336 g/mol. The van der Waals surface area contributed by atoms with Crippen molar-refractivity contribution in [3.63, 3.8) is 0 Å². The normalized spacial score (nSPS) is 15.6. The summed E-state index contributed by atoms with van der Waals surface area (Å²) in [7, 11) is 0. The van der Waals surface area contributed by atoms with Crippen molar-refractivity contribution in [2.75, 3.05) is 23.4 Å². The number of hydrogen-bond donors (Lipinski definition) is 1. The molecule has 0 saturated heterocycles. The van der Waals surface area contributed by atoms with Crippen LogP contribution in [0.1, 0.15) is 18.4 Å². The molecule has 0 unspecified atom stereocenters. The van der Waals surface area contributed by atoms with E-state index in [-0.39, 0.29) is 24.3 Å². The predicted molar refractivity (Wildman–Crippen MR) is 95.8 cm³/mol. The fourth-order valence-electron chi connectivity index (χ4n) is 3.04. The van der Waals surface area contributed by atoms with Gasteiger partial charge in [0.25, 0.3) is 5.91 Å². The highest BCUT2D eigenvalue weighted by atomic mass is 16.5. The van der Waals surface area contributed by atoms with E-state index in [0.29, 0.717) is 12.3 Å². The van der Waals surface area contributed by atoms with Gasteiger partial charge in [0, 0.05) is 23.8 Å². The summed E-state index contributed by atoms with van der Waals surface area (Å²) in [4.78, 5) is 25.9. The van der Waals surface area contributed by atoms with Crippen molar-refractivity contribution in [3.05, 3.63) is 54.1 Å². The number of para-hydroxylation sites is 1. The summed E-state index contributed by atoms with van der Waals surface area (Å²) < 4.78 is 5.61. The summed E-state index contributed by atoms with van der Waals surface area (Å²) in [6.07, 6.45) is 2.85. The number of anilines is 2. The highest BCUT2D eigenvalue weighted by molar-refractivity contribution is 5.96. The molecule has 1 aliphatic heterocycles. The van der Waals surface area contributed by atoms with Crippen molar-refractivity contribution in [2.24, 2.45) is 5.92 Å². The Bertz CT molecular complexity index is 797. The molecule has 2 aromatic carbocycles. The highest BCUT2D eigenvalue weighted by Gasteiger charge is 2.29. The maximum Gasteiger partial charge on any atom is 0.264 e. The van der Waals surface area contributed by atoms with Crippen LogP contribution >= 0.6 is 0 Å². The molecule has 0 bridgehead atoms. The van der Waals surface area contributed by atoms with Gasteiger partial charge in [0.05, 0.1) is 0 Å². The molecule has 128 valence electrons. The van der Waals surface area contributed by atoms with E-state index >= 15 is 0 Å². The van der Waals surface area contributed by atoms with Crippen molar-refractivity contribution < 1.29 is 14.3 Å². The lowest BCUT2D eigenvalue weighted by atomic mass is 10.2. The van der Waals surface area contributed by atoms with Gasteiger partial charge in [-0.2, -0.15) is 0 Å². The maximum absolute atomic E-state index is 12.4. The zero-order valence-electron chi connectivity index (χ0n) is 13.9. The van der Waals surface area contributed by atoms with E-state index in [2.05, 4.69) is 11.4 Å². The van der Waals surface area contributed by atoms with E-state index in [1.165, 1.54) is 5.56 Å². The Morgan fingerprint density at radius 3 is 2.60 bits per heavy atom. The topological polar surface area (TPSA) is 58.6 Å². The van der Waals surface area contributed by atoms with Crippen molar-refractivity contribution in [2.45, 2.75) is 19.3 Å². The van der Waals surface area contributed by atoms with E-state index in [0.717, 1.165) is 30.6 Å². The molecule has 0 atom stereocenters. The number of amides is 2. The quantitative estimate of drug-likeness (QED) is 0.913. The molecule has 0 spiro atoms. The van der Waals surface area contributed by atoms with Crippen LogP contribution in [-0.2, 0) is 16.0 Å². The number of carbonyl (C=O) groups excluding carboxylic acids is 2. The lowest BCUT2D eigenvalue weighted by Crippen LogP contribution is -2.33. The van der Waals surface area contributed by atoms with Crippen molar-refractivity contribution in [1.82, 2.24) is 0 Å². The molecule has 0 radical (unpaired) electrons. The third-order valence-electron chi connectivity index (χ3n) is 4.62. The van der Waals surface area contributed by atoms with Gasteiger partial charge >= 0.3 is 0 Å². The van der Waals surface area contributed by atoms with E-state index in [4.69, 9.17) is 4.74 Å². The summed E-state index contributed by atoms with van der Waals surface area (Å²) in [6, 6.07) is 15.1. The van der Waals surface area contributed by atoms with E-state index < -0.39 is 0 Å². The maximum atomic E-state index is 12.4. The van der Waals surface area contributed by atoms with Crippen LogP contribution in [0, 0.1) is 5.92 Å². The highest BCUT2D eigenvalue weighted by Crippen LogP contribution is 2.30. The van der Waals surface area contributed by atoms with Gasteiger partial charge in [0.2, 0.25) is 5.91 Å². The molecular formula is C20H20N2O3. The SMILES string of the molecule is O=C(Nc1ccc(OCC(=O)N2CCc3ccccc32)cc1)C1CC1. The molecule has 2 aliphatic rings. The van der Waals surface area contributed by atoms with Gasteiger partial charge in [-0.25, -0.2) is 0 Å². The van der Waals surface area contributed by atoms with Crippen molar-refractivity contribution in [1.29, 1.82) is 0 Å². The fourth-order valence-corrected chi connectivity index (χ4v) is 3.04. The van der Waals surface area contributed by atoms with Gasteiger partial charge in [0.1, 0.15) is 5.75 Å². The van der Waals surface area contributed by atoms with E-state index in [1.54, 1.807) is 29.2 Å². The second-order valence-electron chi connectivity index (χ2n) is 6.50. The number of benzene rings is 2. The fraction of sp³-hybridized carbons (Fsp3) is 0.300. The van der Waals surface area contributed by atoms with Crippen LogP contribution in [0.5, 0.6) is 5.75 Å². The lowest BCUT2D eigenvalue weighted by molar-refractivity contribution is -0.120. The largest absolute Gasteiger partial charge is 0.484 e. The van der Waals surface area contributed by atoms with Crippen LogP contribution in [0.2, 0.25) is 0 Å². The first-order valence-electron chi connectivity index (χ1n) is 8.63. The number of nitrogens with one attached hydrogen (secondary N) is 1. The zero-order chi connectivity index (χ0) is 17.2. The molecule has 4 rings (SSSR count). The third-order valence-corrected chi connectivity index (χ3v) is 4.62. The Hall–Kier alpha value is -2.82. The third kappa shape index (κ3) is 3.50. The van der Waals surface area contributed by atoms with Crippen molar-refractivity contribution in [3.8, 4) is 5.75 Å². The standard InChI is InChI=1S/C20H20N2O3/c23-19(22-12-11-14-3-1-2-4-18(14)22)13-25-17-9-7-16(8-10-17)21-20(24)15-5-6-15/h1-4,7-10,15H,5-6,11-13H2,(H,21,24). The van der Waals surface area contributed by atoms with Crippen LogP contribution in [0.25, 0.3) is 0 Å². The summed E-state index contributed by atoms with van der Waals surface area (Å²) in [5.41, 5.74) is 2.94. The molecule has 1 N–H and O–H groups in total. The van der Waals surface area contributed by atoms with Gasteiger partial charge in [-0.1, -0.05) is 18.2 Å². The molecule has 2 aromatic rings. The molecule has 0 aromatic heterocycles. The van der Waals surface area contributed by atoms with E-state index in [1.807, 2.05) is 18.2 Å². The van der Waals surface area contributed by atoms with Gasteiger partial charge in [-0.15, -0.1) is 0 Å². The van der Waals surface area contributed by atoms with Gasteiger partial charge in [-0.05, 0) is 55.2 Å². The summed E-state index contributed by atoms with van der Waals surface area (Å²) >= 11 is 0. The summed E-state index contributed by atoms with van der Waals surface area (Å²) in [5, 5.41) is 2.88. The van der Waals surface area contributed by atoms with Crippen LogP contribution < -0.4 is 15.0 Å². The number of rotatable bonds is 5. The first-order valence-corrected chi connectivity index (χ1v) is 8.63. The number of carbonyl (C=O) groups is 2. The Labute approximate surface area is 146 Å². The molecule has 5 heteroatoms. The second-order valence-corrected chi connectivity index (χ2v) is 6.50. The lowest BCUT2D eigenvalue weighted by Gasteiger charge is -2.17. The van der Waals surface area contributed by atoms with E-state index in [9.17, 15) is 9.59 Å². The summed E-state index contributed by atoms with van der Waals surface area (Å²) in [6.45, 7) is 0.704. The minimum absolute atomic E-state index is 0.00210. The monoisotopic (exact) mass is 336 g/mol. The van der Waals surface area contributed by atoms with Crippen molar-refractivity contribution >= 4 is 23.2 Å². The zero-order valence-corrected chi connectivity index (χ0v) is 13.9. The van der Waals surface area contributed by atoms with Crippen LogP contribution in [0.3, 0.4) is 0 Å². The molecule has 5 nitrogen and oxygen atoms in total. The Balaban J connectivity index is 1.32. The molecular weight excluding hydrogens is 316 g/mol. The number of nitrogens with zero attached hydrogens (tertiary/aromatic N) is 1. The van der Waals surface area contributed by atoms with Crippen LogP contribution in [-0.4, -0.2) is 25.0 Å². The Morgan fingerprint density at radius 2 is 1.84 bits per heavy atom. The number of ether oxygens (including phenoxy) is 1. The van der Waals surface area contributed by atoms with Crippen LogP contribution in [0.4, 0.5) is 11.4 Å². The second kappa shape index (κ2) is 6.59. The molecule has 1 heterocycles. The molecule has 25 heavy (non-hydrogen) atoms. The van der Waals surface area contributed by atoms with Crippen LogP contribution in [0.15, 0.2) is 48.5 Å². The minimum Gasteiger partial charge on any atom is -0.484 e. The molecule has 1 saturated carbocycles. The van der Waals surface area contributed by atoms with Gasteiger partial charge < -0.3 is 15.0 Å². The predicted octanol–water partition coefficient (Wildman–Crippen LogP) is 3.00. The average Bonchev–Trinajstić information content (AvgIpc) is 3.40. The molecule has 1 fully saturated rings. The summed E-state index contributed by atoms with van der Waals surface area (Å²) in [5.74, 6) is 0.828. The number of fused-ring (bicyclic) bond motifs is 1. The smallest absolute Gasteiger partial charge is 0.264 e. The van der Waals surface area contributed by atoms with Gasteiger partial charge in [0.15, 0.2) is 6.61 Å². The minimum atomic E-state index is -0.0453. The van der Waals surface area contributed by atoms with Gasteiger partial charge in [-0.3, -0.25) is 9.59 Å². The Kier molecular flexibility index (Phi) is 4.14. The molecule has 1 aliphatic carbocycles. The number of hydrogen-bond acceptors (Lipinski definition) is 3. The first-order chi connectivity index (χ1) is 12.2.